The lowest BCUT2D eigenvalue weighted by Gasteiger charge is -2.35. The molecule has 1 amide bonds. The second-order valence-electron chi connectivity index (χ2n) is 5.90. The van der Waals surface area contributed by atoms with Gasteiger partial charge in [-0.3, -0.25) is 4.79 Å². The number of allylic oxidation sites excluding steroid dienone is 2. The Morgan fingerprint density at radius 2 is 2.00 bits per heavy atom. The van der Waals surface area contributed by atoms with Crippen LogP contribution in [0.4, 0.5) is 5.13 Å². The summed E-state index contributed by atoms with van der Waals surface area (Å²) in [5.74, 6) is -0.210. The maximum absolute atomic E-state index is 13.2. The quantitative estimate of drug-likeness (QED) is 0.705. The Balaban J connectivity index is 2.03. The van der Waals surface area contributed by atoms with Crippen LogP contribution < -0.4 is 5.32 Å². The summed E-state index contributed by atoms with van der Waals surface area (Å²) in [6.45, 7) is 1.84. The molecule has 9 heteroatoms. The molecular formula is C17H17ClN2O3S3. The minimum absolute atomic E-state index is 0.210. The van der Waals surface area contributed by atoms with Gasteiger partial charge in [-0.25, -0.2) is 13.4 Å². The summed E-state index contributed by atoms with van der Waals surface area (Å²) in [6, 6.07) is 6.43. The molecular weight excluding hydrogens is 412 g/mol. The lowest BCUT2D eigenvalue weighted by Crippen LogP contribution is -2.36. The number of hydrogen-bond acceptors (Lipinski definition) is 5. The maximum Gasteiger partial charge on any atom is 0.245 e. The number of amides is 1. The van der Waals surface area contributed by atoms with E-state index in [2.05, 4.69) is 10.3 Å². The van der Waals surface area contributed by atoms with Gasteiger partial charge in [0.25, 0.3) is 0 Å². The highest BCUT2D eigenvalue weighted by atomic mass is 35.5. The Bertz CT molecular complexity index is 983. The summed E-state index contributed by atoms with van der Waals surface area (Å²) in [5, 5.41) is 9.56. The molecule has 0 radical (unpaired) electrons. The molecule has 1 aliphatic heterocycles. The number of nitrogens with zero attached hydrogens (tertiary/aromatic N) is 1. The number of rotatable bonds is 5. The van der Waals surface area contributed by atoms with Crippen molar-refractivity contribution in [1.82, 2.24) is 4.98 Å². The van der Waals surface area contributed by atoms with Gasteiger partial charge in [-0.05, 0) is 41.5 Å². The fourth-order valence-corrected chi connectivity index (χ4v) is 6.25. The fourth-order valence-electron chi connectivity index (χ4n) is 2.58. The van der Waals surface area contributed by atoms with Gasteiger partial charge in [0, 0.05) is 22.9 Å². The van der Waals surface area contributed by atoms with Gasteiger partial charge >= 0.3 is 0 Å². The number of hydrogen-bond donors (Lipinski definition) is 2. The van der Waals surface area contributed by atoms with E-state index in [0.29, 0.717) is 10.2 Å². The standard InChI is InChI=1S/C17H17ClN2O3S3/c1-17(25-10-7-13(18)11-25,15(21)20-16-19-8-9-24-16)12-3-5-14(6-4-12)26(2,22)23/h3-11,25H,1-2H3,(H,19,20,21). The first-order valence-electron chi connectivity index (χ1n) is 7.57. The monoisotopic (exact) mass is 428 g/mol. The van der Waals surface area contributed by atoms with Crippen molar-refractivity contribution in [1.29, 1.82) is 0 Å². The molecule has 2 unspecified atom stereocenters. The molecule has 0 bridgehead atoms. The third-order valence-electron chi connectivity index (χ3n) is 4.11. The molecule has 1 aromatic carbocycles. The van der Waals surface area contributed by atoms with Gasteiger partial charge in [0.05, 0.1) is 4.90 Å². The van der Waals surface area contributed by atoms with Crippen LogP contribution in [0.1, 0.15) is 12.5 Å². The molecule has 2 heterocycles. The topological polar surface area (TPSA) is 76.1 Å². The molecule has 138 valence electrons. The van der Waals surface area contributed by atoms with Crippen LogP contribution in [-0.4, -0.2) is 25.6 Å². The van der Waals surface area contributed by atoms with E-state index in [1.54, 1.807) is 29.8 Å². The van der Waals surface area contributed by atoms with Crippen LogP contribution in [0, 0.1) is 0 Å². The van der Waals surface area contributed by atoms with Crippen LogP contribution >= 0.6 is 33.8 Å². The Hall–Kier alpha value is -1.61. The summed E-state index contributed by atoms with van der Waals surface area (Å²) in [4.78, 5) is 17.5. The number of nitrogens with one attached hydrogen (secondary N) is 1. The van der Waals surface area contributed by atoms with Gasteiger partial charge in [-0.15, -0.1) is 11.3 Å². The lowest BCUT2D eigenvalue weighted by molar-refractivity contribution is -0.118. The number of thiol groups is 1. The first kappa shape index (κ1) is 19.2. The molecule has 2 atom stereocenters. The highest BCUT2D eigenvalue weighted by Gasteiger charge is 2.40. The highest BCUT2D eigenvalue weighted by Crippen LogP contribution is 2.55. The van der Waals surface area contributed by atoms with E-state index in [1.807, 2.05) is 17.7 Å². The van der Waals surface area contributed by atoms with Crippen LogP contribution in [0.2, 0.25) is 0 Å². The predicted molar refractivity (Wildman–Crippen MR) is 110 cm³/mol. The Morgan fingerprint density at radius 3 is 2.50 bits per heavy atom. The fraction of sp³-hybridized carbons (Fsp3) is 0.176. The molecule has 3 rings (SSSR count). The zero-order valence-corrected chi connectivity index (χ0v) is 17.3. The summed E-state index contributed by atoms with van der Waals surface area (Å²) < 4.78 is 22.5. The van der Waals surface area contributed by atoms with Gasteiger partial charge in [0.2, 0.25) is 5.91 Å². The molecule has 26 heavy (non-hydrogen) atoms. The average molecular weight is 429 g/mol. The van der Waals surface area contributed by atoms with Crippen molar-refractivity contribution < 1.29 is 13.2 Å². The van der Waals surface area contributed by atoms with Crippen molar-refractivity contribution in [3.63, 3.8) is 0 Å². The van der Waals surface area contributed by atoms with Crippen molar-refractivity contribution >= 4 is 54.7 Å². The van der Waals surface area contributed by atoms with E-state index < -0.39 is 25.5 Å². The Morgan fingerprint density at radius 1 is 1.31 bits per heavy atom. The number of carbonyl (C=O) groups is 1. The van der Waals surface area contributed by atoms with E-state index in [9.17, 15) is 13.2 Å². The normalized spacial score (nSPS) is 20.4. The van der Waals surface area contributed by atoms with Gasteiger partial charge in [0.15, 0.2) is 15.0 Å². The Kier molecular flexibility index (Phi) is 5.30. The van der Waals surface area contributed by atoms with Crippen molar-refractivity contribution in [3.05, 3.63) is 63.3 Å². The van der Waals surface area contributed by atoms with Crippen molar-refractivity contribution in [2.45, 2.75) is 16.6 Å². The molecule has 0 aliphatic carbocycles. The third kappa shape index (κ3) is 3.73. The van der Waals surface area contributed by atoms with E-state index >= 15 is 0 Å². The summed E-state index contributed by atoms with van der Waals surface area (Å²) in [7, 11) is -4.33. The van der Waals surface area contributed by atoms with Crippen LogP contribution in [0.5, 0.6) is 0 Å². The second-order valence-corrected chi connectivity index (χ2v) is 11.5. The molecule has 1 aromatic heterocycles. The van der Waals surface area contributed by atoms with Crippen LogP contribution in [0.3, 0.4) is 0 Å². The molecule has 0 saturated carbocycles. The van der Waals surface area contributed by atoms with Crippen LogP contribution in [0.25, 0.3) is 0 Å². The SMILES string of the molecule is CC(C(=O)Nc1nccs1)(c1ccc(S(C)(=O)=O)cc1)[SH]1C=CC(Cl)=C1. The summed E-state index contributed by atoms with van der Waals surface area (Å²) >= 11 is 7.44. The lowest BCUT2D eigenvalue weighted by atomic mass is 9.99. The van der Waals surface area contributed by atoms with E-state index in [0.717, 1.165) is 11.8 Å². The molecule has 1 aliphatic rings. The first-order valence-corrected chi connectivity index (χ1v) is 12.2. The number of carbonyl (C=O) groups excluding carboxylic acids is 1. The third-order valence-corrected chi connectivity index (χ3v) is 8.84. The number of anilines is 1. The smallest absolute Gasteiger partial charge is 0.245 e. The largest absolute Gasteiger partial charge is 0.301 e. The van der Waals surface area contributed by atoms with Gasteiger partial charge < -0.3 is 5.32 Å². The number of thiazole rings is 1. The molecule has 0 spiro atoms. The number of halogens is 1. The van der Waals surface area contributed by atoms with Crippen LogP contribution in [-0.2, 0) is 19.4 Å². The van der Waals surface area contributed by atoms with Crippen molar-refractivity contribution in [2.24, 2.45) is 0 Å². The minimum Gasteiger partial charge on any atom is -0.301 e. The van der Waals surface area contributed by atoms with E-state index in [-0.39, 0.29) is 10.8 Å². The molecule has 0 saturated heterocycles. The van der Waals surface area contributed by atoms with Gasteiger partial charge in [-0.1, -0.05) is 23.7 Å². The van der Waals surface area contributed by atoms with Crippen molar-refractivity contribution in [3.8, 4) is 0 Å². The molecule has 5 nitrogen and oxygen atoms in total. The molecule has 2 aromatic rings. The van der Waals surface area contributed by atoms with Gasteiger partial charge in [0.1, 0.15) is 4.75 Å². The summed E-state index contributed by atoms with van der Waals surface area (Å²) in [6.07, 6.45) is 4.56. The van der Waals surface area contributed by atoms with Crippen molar-refractivity contribution in [2.75, 3.05) is 11.6 Å². The molecule has 1 N–H and O–H groups in total. The minimum atomic E-state index is -3.30. The zero-order chi connectivity index (χ0) is 18.9. The van der Waals surface area contributed by atoms with Crippen LogP contribution in [0.15, 0.2) is 62.7 Å². The molecule has 0 fully saturated rings. The first-order chi connectivity index (χ1) is 12.2. The highest BCUT2D eigenvalue weighted by molar-refractivity contribution is 8.23. The Labute approximate surface area is 164 Å². The average Bonchev–Trinajstić information content (AvgIpc) is 3.25. The van der Waals surface area contributed by atoms with Gasteiger partial charge in [-0.2, -0.15) is 10.9 Å². The number of aromatic nitrogens is 1. The number of benzene rings is 1. The van der Waals surface area contributed by atoms with E-state index in [1.165, 1.54) is 23.5 Å². The predicted octanol–water partition coefficient (Wildman–Crippen LogP) is 4.01. The second kappa shape index (κ2) is 7.19. The maximum atomic E-state index is 13.2. The van der Waals surface area contributed by atoms with E-state index in [4.69, 9.17) is 11.6 Å². The zero-order valence-electron chi connectivity index (χ0n) is 14.0. The summed E-state index contributed by atoms with van der Waals surface area (Å²) in [5.41, 5.74) is 0.720. The number of sulfone groups is 1.